The maximum atomic E-state index is 5.38. The molecule has 3 heteroatoms. The van der Waals surface area contributed by atoms with Crippen LogP contribution >= 0.6 is 0 Å². The summed E-state index contributed by atoms with van der Waals surface area (Å²) in [6.45, 7) is 8.02. The smallest absolute Gasteiger partial charge is 0.0480 e. The summed E-state index contributed by atoms with van der Waals surface area (Å²) in [6, 6.07) is 0.699. The number of hydrogen-bond acceptors (Lipinski definition) is 3. The third kappa shape index (κ3) is 3.44. The number of piperidine rings is 1. The van der Waals surface area contributed by atoms with Crippen molar-refractivity contribution in [2.24, 2.45) is 5.41 Å². The van der Waals surface area contributed by atoms with Crippen molar-refractivity contribution in [1.82, 2.24) is 10.2 Å². The molecule has 0 amide bonds. The van der Waals surface area contributed by atoms with Gasteiger partial charge in [-0.1, -0.05) is 6.92 Å². The molecule has 0 aromatic heterocycles. The summed E-state index contributed by atoms with van der Waals surface area (Å²) < 4.78 is 5.38. The van der Waals surface area contributed by atoms with E-state index in [1.54, 1.807) is 0 Å². The van der Waals surface area contributed by atoms with Crippen molar-refractivity contribution in [3.63, 3.8) is 0 Å². The summed E-state index contributed by atoms with van der Waals surface area (Å²) in [4.78, 5) is 2.44. The molecule has 3 nitrogen and oxygen atoms in total. The molecule has 94 valence electrons. The van der Waals surface area contributed by atoms with E-state index in [1.807, 2.05) is 0 Å². The highest BCUT2D eigenvalue weighted by Gasteiger charge is 2.29. The van der Waals surface area contributed by atoms with Gasteiger partial charge in [0.15, 0.2) is 0 Å². The van der Waals surface area contributed by atoms with E-state index in [4.69, 9.17) is 4.74 Å². The van der Waals surface area contributed by atoms with Gasteiger partial charge in [-0.2, -0.15) is 0 Å². The van der Waals surface area contributed by atoms with Crippen LogP contribution in [0.1, 0.15) is 32.6 Å². The van der Waals surface area contributed by atoms with Gasteiger partial charge in [-0.15, -0.1) is 0 Å². The van der Waals surface area contributed by atoms with Crippen molar-refractivity contribution in [3.8, 4) is 0 Å². The molecule has 2 rings (SSSR count). The molecule has 0 aliphatic carbocycles. The Morgan fingerprint density at radius 1 is 1.25 bits per heavy atom. The van der Waals surface area contributed by atoms with Crippen LogP contribution in [0, 0.1) is 5.41 Å². The Kier molecular flexibility index (Phi) is 4.22. The third-order valence-corrected chi connectivity index (χ3v) is 4.23. The fourth-order valence-corrected chi connectivity index (χ4v) is 2.63. The number of hydrogen-bond donors (Lipinski definition) is 1. The average molecular weight is 226 g/mol. The van der Waals surface area contributed by atoms with E-state index in [-0.39, 0.29) is 0 Å². The van der Waals surface area contributed by atoms with Crippen molar-refractivity contribution in [2.45, 2.75) is 38.6 Å². The maximum Gasteiger partial charge on any atom is 0.0480 e. The Balaban J connectivity index is 1.71. The predicted molar refractivity (Wildman–Crippen MR) is 66.7 cm³/mol. The molecular weight excluding hydrogens is 200 g/mol. The largest absolute Gasteiger partial charge is 0.381 e. The van der Waals surface area contributed by atoms with Gasteiger partial charge >= 0.3 is 0 Å². The zero-order chi connectivity index (χ0) is 11.4. The molecule has 2 aliphatic heterocycles. The van der Waals surface area contributed by atoms with Gasteiger partial charge in [-0.25, -0.2) is 0 Å². The minimum absolute atomic E-state index is 0.519. The van der Waals surface area contributed by atoms with E-state index in [9.17, 15) is 0 Å². The Morgan fingerprint density at radius 3 is 2.50 bits per heavy atom. The Bertz CT molecular complexity index is 206. The molecule has 0 aromatic rings. The molecule has 0 saturated carbocycles. The molecule has 0 atom stereocenters. The average Bonchev–Trinajstić information content (AvgIpc) is 2.33. The monoisotopic (exact) mass is 226 g/mol. The summed E-state index contributed by atoms with van der Waals surface area (Å²) in [5, 5.41) is 3.75. The van der Waals surface area contributed by atoms with E-state index in [0.717, 1.165) is 13.2 Å². The lowest BCUT2D eigenvalue weighted by Crippen LogP contribution is -2.45. The quantitative estimate of drug-likeness (QED) is 0.789. The number of likely N-dealkylation sites (tertiary alicyclic amines) is 1. The molecule has 2 saturated heterocycles. The summed E-state index contributed by atoms with van der Waals surface area (Å²) in [5.74, 6) is 0. The second-order valence-electron chi connectivity index (χ2n) is 5.88. The van der Waals surface area contributed by atoms with Crippen LogP contribution in [0.2, 0.25) is 0 Å². The van der Waals surface area contributed by atoms with Crippen molar-refractivity contribution >= 4 is 0 Å². The number of rotatable bonds is 3. The number of nitrogens with one attached hydrogen (secondary N) is 1. The van der Waals surface area contributed by atoms with Crippen LogP contribution in [-0.4, -0.2) is 50.8 Å². The van der Waals surface area contributed by atoms with E-state index in [1.165, 1.54) is 45.3 Å². The highest BCUT2D eigenvalue weighted by atomic mass is 16.5. The lowest BCUT2D eigenvalue weighted by molar-refractivity contribution is 0.0692. The Morgan fingerprint density at radius 2 is 1.88 bits per heavy atom. The molecule has 16 heavy (non-hydrogen) atoms. The highest BCUT2D eigenvalue weighted by Crippen LogP contribution is 2.29. The second kappa shape index (κ2) is 5.48. The van der Waals surface area contributed by atoms with Gasteiger partial charge in [0.2, 0.25) is 0 Å². The molecule has 0 radical (unpaired) electrons. The normalized spacial score (nSPS) is 28.1. The second-order valence-corrected chi connectivity index (χ2v) is 5.88. The molecule has 0 spiro atoms. The first-order chi connectivity index (χ1) is 7.68. The van der Waals surface area contributed by atoms with Gasteiger partial charge in [0.1, 0.15) is 0 Å². The third-order valence-electron chi connectivity index (χ3n) is 4.23. The number of ether oxygens (including phenoxy) is 1. The Hall–Kier alpha value is -0.120. The molecular formula is C13H26N2O. The first-order valence-corrected chi connectivity index (χ1v) is 6.68. The Labute approximate surface area is 99.5 Å². The minimum Gasteiger partial charge on any atom is -0.381 e. The van der Waals surface area contributed by atoms with Gasteiger partial charge in [0.05, 0.1) is 0 Å². The van der Waals surface area contributed by atoms with Crippen molar-refractivity contribution in [2.75, 3.05) is 39.9 Å². The van der Waals surface area contributed by atoms with Crippen LogP contribution in [0.5, 0.6) is 0 Å². The maximum absolute atomic E-state index is 5.38. The standard InChI is InChI=1S/C13H26N2O/c1-13(5-7-15(2)8-6-13)11-14-12-3-9-16-10-4-12/h12,14H,3-11H2,1-2H3. The minimum atomic E-state index is 0.519. The summed E-state index contributed by atoms with van der Waals surface area (Å²) in [6.07, 6.45) is 5.05. The predicted octanol–water partition coefficient (Wildman–Crippen LogP) is 1.49. The summed E-state index contributed by atoms with van der Waals surface area (Å²) in [7, 11) is 2.23. The SMILES string of the molecule is CN1CCC(C)(CNC2CCOCC2)CC1. The lowest BCUT2D eigenvalue weighted by Gasteiger charge is -2.39. The lowest BCUT2D eigenvalue weighted by atomic mass is 9.80. The van der Waals surface area contributed by atoms with E-state index in [0.29, 0.717) is 11.5 Å². The fraction of sp³-hybridized carbons (Fsp3) is 1.00. The highest BCUT2D eigenvalue weighted by molar-refractivity contribution is 4.85. The summed E-state index contributed by atoms with van der Waals surface area (Å²) in [5.41, 5.74) is 0.519. The van der Waals surface area contributed by atoms with Gasteiger partial charge in [-0.3, -0.25) is 0 Å². The van der Waals surface area contributed by atoms with Crippen LogP contribution in [0.3, 0.4) is 0 Å². The van der Waals surface area contributed by atoms with E-state index < -0.39 is 0 Å². The van der Waals surface area contributed by atoms with Crippen molar-refractivity contribution in [3.05, 3.63) is 0 Å². The molecule has 0 bridgehead atoms. The molecule has 2 fully saturated rings. The zero-order valence-corrected chi connectivity index (χ0v) is 10.8. The zero-order valence-electron chi connectivity index (χ0n) is 10.8. The fourth-order valence-electron chi connectivity index (χ4n) is 2.63. The topological polar surface area (TPSA) is 24.5 Å². The van der Waals surface area contributed by atoms with Crippen molar-refractivity contribution < 1.29 is 4.74 Å². The van der Waals surface area contributed by atoms with Gasteiger partial charge < -0.3 is 15.0 Å². The van der Waals surface area contributed by atoms with E-state index in [2.05, 4.69) is 24.2 Å². The van der Waals surface area contributed by atoms with E-state index >= 15 is 0 Å². The first kappa shape index (κ1) is 12.3. The van der Waals surface area contributed by atoms with Crippen LogP contribution in [-0.2, 0) is 4.74 Å². The van der Waals surface area contributed by atoms with Crippen molar-refractivity contribution in [1.29, 1.82) is 0 Å². The van der Waals surface area contributed by atoms with Crippen LogP contribution in [0.25, 0.3) is 0 Å². The molecule has 1 N–H and O–H groups in total. The molecule has 2 heterocycles. The molecule has 0 aromatic carbocycles. The van der Waals surface area contributed by atoms with Crippen LogP contribution < -0.4 is 5.32 Å². The van der Waals surface area contributed by atoms with Crippen LogP contribution in [0.15, 0.2) is 0 Å². The van der Waals surface area contributed by atoms with Gasteiger partial charge in [-0.05, 0) is 51.2 Å². The number of nitrogens with zero attached hydrogens (tertiary/aromatic N) is 1. The van der Waals surface area contributed by atoms with Crippen LogP contribution in [0.4, 0.5) is 0 Å². The first-order valence-electron chi connectivity index (χ1n) is 6.68. The van der Waals surface area contributed by atoms with Gasteiger partial charge in [0.25, 0.3) is 0 Å². The van der Waals surface area contributed by atoms with Gasteiger partial charge in [0, 0.05) is 25.8 Å². The summed E-state index contributed by atoms with van der Waals surface area (Å²) >= 11 is 0. The molecule has 0 unspecified atom stereocenters. The molecule has 2 aliphatic rings.